The molecule has 5 heteroatoms. The van der Waals surface area contributed by atoms with Gasteiger partial charge in [0.25, 0.3) is 11.8 Å². The monoisotopic (exact) mass is 284 g/mol. The van der Waals surface area contributed by atoms with Crippen LogP contribution < -0.4 is 10.6 Å². The van der Waals surface area contributed by atoms with E-state index in [0.29, 0.717) is 34.9 Å². The molecule has 1 aliphatic heterocycles. The van der Waals surface area contributed by atoms with Crippen molar-refractivity contribution in [2.24, 2.45) is 0 Å². The maximum absolute atomic E-state index is 12.2. The van der Waals surface area contributed by atoms with Crippen molar-refractivity contribution in [3.05, 3.63) is 52.5 Å². The first-order valence-electron chi connectivity index (χ1n) is 6.84. The van der Waals surface area contributed by atoms with E-state index in [1.54, 1.807) is 26.0 Å². The van der Waals surface area contributed by atoms with Gasteiger partial charge in [-0.2, -0.15) is 0 Å². The summed E-state index contributed by atoms with van der Waals surface area (Å²) in [5, 5.41) is 5.60. The molecule has 1 aromatic carbocycles. The Kier molecular flexibility index (Phi) is 3.25. The van der Waals surface area contributed by atoms with E-state index in [4.69, 9.17) is 4.42 Å². The molecule has 2 amide bonds. The predicted octanol–water partition coefficient (Wildman–Crippen LogP) is 2.43. The molecule has 2 aromatic rings. The molecule has 21 heavy (non-hydrogen) atoms. The summed E-state index contributed by atoms with van der Waals surface area (Å²) >= 11 is 0. The van der Waals surface area contributed by atoms with Crippen LogP contribution in [-0.2, 0) is 6.42 Å². The molecular weight excluding hydrogens is 268 g/mol. The summed E-state index contributed by atoms with van der Waals surface area (Å²) in [6, 6.07) is 7.12. The SMILES string of the molecule is Cc1cc(C(=O)Nc2ccc3c(c2)C(=O)NCC3)c(C)o1. The largest absolute Gasteiger partial charge is 0.466 e. The summed E-state index contributed by atoms with van der Waals surface area (Å²) in [6.07, 6.45) is 0.815. The van der Waals surface area contributed by atoms with Gasteiger partial charge in [-0.15, -0.1) is 0 Å². The van der Waals surface area contributed by atoms with Gasteiger partial charge in [0.2, 0.25) is 0 Å². The van der Waals surface area contributed by atoms with Gasteiger partial charge < -0.3 is 15.1 Å². The van der Waals surface area contributed by atoms with Gasteiger partial charge in [-0.3, -0.25) is 9.59 Å². The number of anilines is 1. The second kappa shape index (κ2) is 5.09. The van der Waals surface area contributed by atoms with E-state index < -0.39 is 0 Å². The third-order valence-electron chi connectivity index (χ3n) is 3.58. The number of hydrogen-bond donors (Lipinski definition) is 2. The average molecular weight is 284 g/mol. The van der Waals surface area contributed by atoms with Crippen molar-refractivity contribution < 1.29 is 14.0 Å². The second-order valence-corrected chi connectivity index (χ2v) is 5.16. The maximum atomic E-state index is 12.2. The highest BCUT2D eigenvalue weighted by Gasteiger charge is 2.18. The smallest absolute Gasteiger partial charge is 0.259 e. The van der Waals surface area contributed by atoms with Crippen LogP contribution >= 0.6 is 0 Å². The maximum Gasteiger partial charge on any atom is 0.259 e. The second-order valence-electron chi connectivity index (χ2n) is 5.16. The summed E-state index contributed by atoms with van der Waals surface area (Å²) < 4.78 is 5.36. The molecule has 108 valence electrons. The molecule has 1 aromatic heterocycles. The highest BCUT2D eigenvalue weighted by Crippen LogP contribution is 2.21. The van der Waals surface area contributed by atoms with E-state index >= 15 is 0 Å². The van der Waals surface area contributed by atoms with E-state index in [1.807, 2.05) is 12.1 Å². The standard InChI is InChI=1S/C16H16N2O3/c1-9-7-13(10(2)21-9)16(20)18-12-4-3-11-5-6-17-15(19)14(11)8-12/h3-4,7-8H,5-6H2,1-2H3,(H,17,19)(H,18,20). The van der Waals surface area contributed by atoms with Crippen molar-refractivity contribution in [3.8, 4) is 0 Å². The molecule has 0 saturated heterocycles. The molecule has 2 heterocycles. The van der Waals surface area contributed by atoms with Crippen LogP contribution in [-0.4, -0.2) is 18.4 Å². The average Bonchev–Trinajstić information content (AvgIpc) is 2.79. The molecule has 3 rings (SSSR count). The molecule has 5 nitrogen and oxygen atoms in total. The van der Waals surface area contributed by atoms with Crippen LogP contribution in [0.5, 0.6) is 0 Å². The Labute approximate surface area is 122 Å². The van der Waals surface area contributed by atoms with Crippen molar-refractivity contribution >= 4 is 17.5 Å². The molecule has 0 unspecified atom stereocenters. The Morgan fingerprint density at radius 2 is 2.10 bits per heavy atom. The molecule has 0 atom stereocenters. The van der Waals surface area contributed by atoms with Gasteiger partial charge in [-0.25, -0.2) is 0 Å². The Morgan fingerprint density at radius 1 is 1.29 bits per heavy atom. The summed E-state index contributed by atoms with van der Waals surface area (Å²) in [6.45, 7) is 4.21. The van der Waals surface area contributed by atoms with Crippen molar-refractivity contribution in [2.75, 3.05) is 11.9 Å². The molecule has 1 aliphatic rings. The fraction of sp³-hybridized carbons (Fsp3) is 0.250. The van der Waals surface area contributed by atoms with Crippen LogP contribution in [0.3, 0.4) is 0 Å². The summed E-state index contributed by atoms with van der Waals surface area (Å²) in [4.78, 5) is 24.0. The third kappa shape index (κ3) is 2.54. The number of hydrogen-bond acceptors (Lipinski definition) is 3. The third-order valence-corrected chi connectivity index (χ3v) is 3.58. The number of amides is 2. The molecule has 0 radical (unpaired) electrons. The minimum Gasteiger partial charge on any atom is -0.466 e. The number of rotatable bonds is 2. The van der Waals surface area contributed by atoms with Crippen molar-refractivity contribution in [3.63, 3.8) is 0 Å². The van der Waals surface area contributed by atoms with Crippen LogP contribution in [0, 0.1) is 13.8 Å². The van der Waals surface area contributed by atoms with Crippen LogP contribution in [0.4, 0.5) is 5.69 Å². The normalized spacial score (nSPS) is 13.5. The summed E-state index contributed by atoms with van der Waals surface area (Å²) in [5.74, 6) is 0.950. The summed E-state index contributed by atoms with van der Waals surface area (Å²) in [7, 11) is 0. The minimum absolute atomic E-state index is 0.0947. The van der Waals surface area contributed by atoms with E-state index in [9.17, 15) is 9.59 Å². The Hall–Kier alpha value is -2.56. The van der Waals surface area contributed by atoms with E-state index in [2.05, 4.69) is 10.6 Å². The van der Waals surface area contributed by atoms with Gasteiger partial charge in [0.1, 0.15) is 11.5 Å². The Balaban J connectivity index is 1.85. The number of fused-ring (bicyclic) bond motifs is 1. The molecule has 2 N–H and O–H groups in total. The zero-order valence-corrected chi connectivity index (χ0v) is 11.9. The molecule has 0 fully saturated rings. The summed E-state index contributed by atoms with van der Waals surface area (Å²) in [5.41, 5.74) is 2.75. The number of carbonyl (C=O) groups excluding carboxylic acids is 2. The first kappa shape index (κ1) is 13.4. The number of aryl methyl sites for hydroxylation is 2. The van der Waals surface area contributed by atoms with Gasteiger partial charge in [0.05, 0.1) is 5.56 Å². The van der Waals surface area contributed by atoms with Gasteiger partial charge in [-0.1, -0.05) is 6.07 Å². The topological polar surface area (TPSA) is 71.3 Å². The van der Waals surface area contributed by atoms with E-state index in [-0.39, 0.29) is 11.8 Å². The number of nitrogens with one attached hydrogen (secondary N) is 2. The van der Waals surface area contributed by atoms with Crippen LogP contribution in [0.15, 0.2) is 28.7 Å². The Bertz CT molecular complexity index is 731. The Morgan fingerprint density at radius 3 is 2.81 bits per heavy atom. The van der Waals surface area contributed by atoms with Gasteiger partial charge in [-0.05, 0) is 44.0 Å². The highest BCUT2D eigenvalue weighted by atomic mass is 16.3. The highest BCUT2D eigenvalue weighted by molar-refractivity contribution is 6.06. The van der Waals surface area contributed by atoms with E-state index in [1.165, 1.54) is 0 Å². The number of carbonyl (C=O) groups is 2. The first-order valence-corrected chi connectivity index (χ1v) is 6.84. The quantitative estimate of drug-likeness (QED) is 0.889. The van der Waals surface area contributed by atoms with Crippen molar-refractivity contribution in [1.29, 1.82) is 0 Å². The first-order chi connectivity index (χ1) is 10.0. The zero-order chi connectivity index (χ0) is 15.0. The molecule has 0 spiro atoms. The van der Waals surface area contributed by atoms with Gasteiger partial charge in [0.15, 0.2) is 0 Å². The molecule has 0 aliphatic carbocycles. The van der Waals surface area contributed by atoms with E-state index in [0.717, 1.165) is 12.0 Å². The minimum atomic E-state index is -0.236. The van der Waals surface area contributed by atoms with Crippen molar-refractivity contribution in [2.45, 2.75) is 20.3 Å². The molecular formula is C16H16N2O3. The van der Waals surface area contributed by atoms with Gasteiger partial charge >= 0.3 is 0 Å². The fourth-order valence-corrected chi connectivity index (χ4v) is 2.54. The van der Waals surface area contributed by atoms with Gasteiger partial charge in [0, 0.05) is 17.8 Å². The number of benzene rings is 1. The van der Waals surface area contributed by atoms with Crippen LogP contribution in [0.1, 0.15) is 37.8 Å². The lowest BCUT2D eigenvalue weighted by atomic mass is 10.00. The van der Waals surface area contributed by atoms with Crippen LogP contribution in [0.2, 0.25) is 0 Å². The molecule has 0 saturated carbocycles. The lowest BCUT2D eigenvalue weighted by Crippen LogP contribution is -2.31. The predicted molar refractivity (Wildman–Crippen MR) is 78.6 cm³/mol. The lowest BCUT2D eigenvalue weighted by Gasteiger charge is -2.17. The fourth-order valence-electron chi connectivity index (χ4n) is 2.54. The number of furan rings is 1. The molecule has 0 bridgehead atoms. The van der Waals surface area contributed by atoms with Crippen molar-refractivity contribution in [1.82, 2.24) is 5.32 Å². The van der Waals surface area contributed by atoms with Crippen LogP contribution in [0.25, 0.3) is 0 Å². The zero-order valence-electron chi connectivity index (χ0n) is 11.9. The lowest BCUT2D eigenvalue weighted by molar-refractivity contribution is 0.0944.